The van der Waals surface area contributed by atoms with E-state index in [1.165, 1.54) is 0 Å². The van der Waals surface area contributed by atoms with Gasteiger partial charge in [0.05, 0.1) is 26.7 Å². The van der Waals surface area contributed by atoms with Crippen molar-refractivity contribution in [2.45, 2.75) is 19.1 Å². The number of ketones is 1. The van der Waals surface area contributed by atoms with Crippen LogP contribution >= 0.6 is 11.6 Å². The van der Waals surface area contributed by atoms with Crippen molar-refractivity contribution in [1.82, 2.24) is 0 Å². The van der Waals surface area contributed by atoms with Crippen LogP contribution in [0.5, 0.6) is 5.75 Å². The summed E-state index contributed by atoms with van der Waals surface area (Å²) in [7, 11) is 1.57. The molecule has 5 heteroatoms. The molecule has 1 aliphatic heterocycles. The zero-order valence-corrected chi connectivity index (χ0v) is 10.9. The van der Waals surface area contributed by atoms with Crippen LogP contribution in [-0.4, -0.2) is 32.4 Å². The van der Waals surface area contributed by atoms with Crippen LogP contribution in [0.2, 0.25) is 5.02 Å². The van der Waals surface area contributed by atoms with Crippen molar-refractivity contribution in [2.24, 2.45) is 0 Å². The van der Waals surface area contributed by atoms with E-state index in [1.54, 1.807) is 25.3 Å². The normalized spacial score (nSPS) is 15.9. The smallest absolute Gasteiger partial charge is 0.164 e. The van der Waals surface area contributed by atoms with E-state index < -0.39 is 6.29 Å². The van der Waals surface area contributed by atoms with Crippen LogP contribution in [0.25, 0.3) is 0 Å². The summed E-state index contributed by atoms with van der Waals surface area (Å²) in [6.07, 6.45) is 0.130. The van der Waals surface area contributed by atoms with E-state index in [9.17, 15) is 4.79 Å². The van der Waals surface area contributed by atoms with Gasteiger partial charge in [0.25, 0.3) is 0 Å². The van der Waals surface area contributed by atoms with Gasteiger partial charge in [0, 0.05) is 17.0 Å². The molecule has 18 heavy (non-hydrogen) atoms. The zero-order chi connectivity index (χ0) is 13.0. The summed E-state index contributed by atoms with van der Waals surface area (Å²) in [5.74, 6) is 0.712. The van der Waals surface area contributed by atoms with Crippen LogP contribution in [0.1, 0.15) is 12.0 Å². The lowest BCUT2D eigenvalue weighted by Crippen LogP contribution is -2.16. The number of methoxy groups -OCH3 is 1. The molecule has 0 aliphatic carbocycles. The van der Waals surface area contributed by atoms with Crippen molar-refractivity contribution >= 4 is 17.4 Å². The quantitative estimate of drug-likeness (QED) is 0.823. The second-order valence-corrected chi connectivity index (χ2v) is 4.48. The molecule has 0 bridgehead atoms. The van der Waals surface area contributed by atoms with Crippen LogP contribution < -0.4 is 4.74 Å². The Morgan fingerprint density at radius 1 is 1.44 bits per heavy atom. The fourth-order valence-electron chi connectivity index (χ4n) is 1.88. The Balaban J connectivity index is 1.99. The topological polar surface area (TPSA) is 44.8 Å². The van der Waals surface area contributed by atoms with Gasteiger partial charge in [0.2, 0.25) is 0 Å². The third kappa shape index (κ3) is 3.45. The number of halogens is 1. The van der Waals surface area contributed by atoms with Crippen molar-refractivity contribution < 1.29 is 19.0 Å². The Morgan fingerprint density at radius 3 is 2.83 bits per heavy atom. The maximum absolute atomic E-state index is 11.9. The molecule has 0 amide bonds. The summed E-state index contributed by atoms with van der Waals surface area (Å²) in [6.45, 7) is 1.11. The molecular weight excluding hydrogens is 256 g/mol. The van der Waals surface area contributed by atoms with E-state index in [4.69, 9.17) is 25.8 Å². The predicted molar refractivity (Wildman–Crippen MR) is 67.0 cm³/mol. The highest BCUT2D eigenvalue weighted by molar-refractivity contribution is 6.30. The van der Waals surface area contributed by atoms with Gasteiger partial charge < -0.3 is 14.2 Å². The monoisotopic (exact) mass is 270 g/mol. The summed E-state index contributed by atoms with van der Waals surface area (Å²) in [5.41, 5.74) is 0.785. The van der Waals surface area contributed by atoms with E-state index in [2.05, 4.69) is 0 Å². The van der Waals surface area contributed by atoms with Gasteiger partial charge >= 0.3 is 0 Å². The predicted octanol–water partition coefficient (Wildman–Crippen LogP) is 2.22. The fraction of sp³-hybridized carbons (Fsp3) is 0.462. The lowest BCUT2D eigenvalue weighted by Gasteiger charge is -2.10. The van der Waals surface area contributed by atoms with Crippen molar-refractivity contribution in [2.75, 3.05) is 20.3 Å². The molecule has 1 fully saturated rings. The first-order valence-electron chi connectivity index (χ1n) is 5.76. The van der Waals surface area contributed by atoms with Gasteiger partial charge in [-0.05, 0) is 18.2 Å². The number of hydrogen-bond acceptors (Lipinski definition) is 4. The first kappa shape index (κ1) is 13.3. The fourth-order valence-corrected chi connectivity index (χ4v) is 2.08. The SMILES string of the molecule is COc1ccc(Cl)cc1CC(=O)CC1OCCO1. The van der Waals surface area contributed by atoms with Gasteiger partial charge in [-0.25, -0.2) is 0 Å². The summed E-state index contributed by atoms with van der Waals surface area (Å²) in [5, 5.41) is 0.590. The van der Waals surface area contributed by atoms with Gasteiger partial charge in [-0.1, -0.05) is 11.6 Å². The van der Waals surface area contributed by atoms with Crippen molar-refractivity contribution in [3.8, 4) is 5.75 Å². The maximum Gasteiger partial charge on any atom is 0.164 e. The van der Waals surface area contributed by atoms with Gasteiger partial charge in [-0.15, -0.1) is 0 Å². The molecule has 4 nitrogen and oxygen atoms in total. The second kappa shape index (κ2) is 6.18. The molecule has 2 rings (SSSR count). The van der Waals surface area contributed by atoms with Crippen LogP contribution in [0.15, 0.2) is 18.2 Å². The Bertz CT molecular complexity index is 427. The summed E-state index contributed by atoms with van der Waals surface area (Å²) in [4.78, 5) is 11.9. The minimum atomic E-state index is -0.400. The highest BCUT2D eigenvalue weighted by atomic mass is 35.5. The lowest BCUT2D eigenvalue weighted by atomic mass is 10.1. The number of benzene rings is 1. The number of Topliss-reactive ketones (excluding diaryl/α,β-unsaturated/α-hetero) is 1. The molecule has 0 saturated carbocycles. The average Bonchev–Trinajstić information content (AvgIpc) is 2.82. The molecule has 0 aromatic heterocycles. The third-order valence-corrected chi connectivity index (χ3v) is 2.95. The van der Waals surface area contributed by atoms with E-state index >= 15 is 0 Å². The number of ether oxygens (including phenoxy) is 3. The highest BCUT2D eigenvalue weighted by Gasteiger charge is 2.20. The molecule has 0 radical (unpaired) electrons. The molecular formula is C13H15ClO4. The molecule has 1 heterocycles. The standard InChI is InChI=1S/C13H15ClO4/c1-16-12-3-2-10(14)6-9(12)7-11(15)8-13-17-4-5-18-13/h2-3,6,13H,4-5,7-8H2,1H3. The Labute approximate surface area is 111 Å². The minimum Gasteiger partial charge on any atom is -0.496 e. The molecule has 0 spiro atoms. The van der Waals surface area contributed by atoms with Crippen molar-refractivity contribution in [3.05, 3.63) is 28.8 Å². The Hall–Kier alpha value is -1.10. The molecule has 98 valence electrons. The minimum absolute atomic E-state index is 0.0440. The summed E-state index contributed by atoms with van der Waals surface area (Å²) < 4.78 is 15.7. The van der Waals surface area contributed by atoms with Crippen LogP contribution in [0.4, 0.5) is 0 Å². The van der Waals surface area contributed by atoms with E-state index in [0.717, 1.165) is 5.56 Å². The first-order chi connectivity index (χ1) is 8.69. The maximum atomic E-state index is 11.9. The highest BCUT2D eigenvalue weighted by Crippen LogP contribution is 2.24. The van der Waals surface area contributed by atoms with E-state index in [1.807, 2.05) is 0 Å². The second-order valence-electron chi connectivity index (χ2n) is 4.05. The Kier molecular flexibility index (Phi) is 4.58. The molecule has 1 saturated heterocycles. The van der Waals surface area contributed by atoms with Crippen molar-refractivity contribution in [1.29, 1.82) is 0 Å². The van der Waals surface area contributed by atoms with Crippen molar-refractivity contribution in [3.63, 3.8) is 0 Å². The molecule has 0 atom stereocenters. The molecule has 1 aliphatic rings. The van der Waals surface area contributed by atoms with Gasteiger partial charge in [0.1, 0.15) is 11.5 Å². The van der Waals surface area contributed by atoms with E-state index in [0.29, 0.717) is 24.0 Å². The summed E-state index contributed by atoms with van der Waals surface area (Å²) in [6, 6.07) is 5.24. The number of carbonyl (C=O) groups is 1. The third-order valence-electron chi connectivity index (χ3n) is 2.72. The van der Waals surface area contributed by atoms with Crippen LogP contribution in [-0.2, 0) is 20.7 Å². The zero-order valence-electron chi connectivity index (χ0n) is 10.1. The number of hydrogen-bond donors (Lipinski definition) is 0. The largest absolute Gasteiger partial charge is 0.496 e. The molecule has 1 aromatic rings. The molecule has 0 unspecified atom stereocenters. The number of rotatable bonds is 5. The summed E-state index contributed by atoms with van der Waals surface area (Å²) >= 11 is 5.91. The average molecular weight is 271 g/mol. The lowest BCUT2D eigenvalue weighted by molar-refractivity contribution is -0.126. The number of carbonyl (C=O) groups excluding carboxylic acids is 1. The van der Waals surface area contributed by atoms with Crippen LogP contribution in [0.3, 0.4) is 0 Å². The van der Waals surface area contributed by atoms with Crippen LogP contribution in [0, 0.1) is 0 Å². The molecule has 1 aromatic carbocycles. The van der Waals surface area contributed by atoms with Gasteiger partial charge in [-0.3, -0.25) is 4.79 Å². The van der Waals surface area contributed by atoms with Gasteiger partial charge in [0.15, 0.2) is 6.29 Å². The van der Waals surface area contributed by atoms with Gasteiger partial charge in [-0.2, -0.15) is 0 Å². The Morgan fingerprint density at radius 2 is 2.17 bits per heavy atom. The first-order valence-corrected chi connectivity index (χ1v) is 6.14. The van der Waals surface area contributed by atoms with E-state index in [-0.39, 0.29) is 18.6 Å². The molecule has 0 N–H and O–H groups in total.